The number of hydrogen-bond donors (Lipinski definition) is 3. The Morgan fingerprint density at radius 1 is 1.00 bits per heavy atom. The van der Waals surface area contributed by atoms with Gasteiger partial charge >= 0.3 is 5.97 Å². The van der Waals surface area contributed by atoms with Gasteiger partial charge in [0.1, 0.15) is 18.1 Å². The van der Waals surface area contributed by atoms with Crippen LogP contribution in [0.15, 0.2) is 65.1 Å². The lowest BCUT2D eigenvalue weighted by molar-refractivity contribution is -0.200. The number of hydroxylamine groups is 2. The van der Waals surface area contributed by atoms with Crippen molar-refractivity contribution in [1.82, 2.24) is 15.7 Å². The predicted molar refractivity (Wildman–Crippen MR) is 171 cm³/mol. The number of amides is 4. The van der Waals surface area contributed by atoms with Crippen LogP contribution in [-0.4, -0.2) is 61.6 Å². The summed E-state index contributed by atoms with van der Waals surface area (Å²) in [5, 5.41) is 6.59. The summed E-state index contributed by atoms with van der Waals surface area (Å²) in [6.45, 7) is 3.53. The molecule has 1 heterocycles. The van der Waals surface area contributed by atoms with Gasteiger partial charge in [0, 0.05) is 5.56 Å². The summed E-state index contributed by atoms with van der Waals surface area (Å²) in [4.78, 5) is 67.5. The zero-order valence-corrected chi connectivity index (χ0v) is 26.9. The summed E-state index contributed by atoms with van der Waals surface area (Å²) in [6, 6.07) is 16.3. The maximum atomic E-state index is 13.4. The van der Waals surface area contributed by atoms with Crippen LogP contribution in [0.4, 0.5) is 0 Å². The molecular formula is C34H42N4O9. The van der Waals surface area contributed by atoms with Crippen molar-refractivity contribution >= 4 is 30.1 Å². The van der Waals surface area contributed by atoms with Gasteiger partial charge in [-0.3, -0.25) is 24.0 Å². The second-order valence-electron chi connectivity index (χ2n) is 10.7. The number of carbonyl (C=O) groups is 5. The van der Waals surface area contributed by atoms with E-state index in [0.717, 1.165) is 24.8 Å². The molecule has 252 valence electrons. The van der Waals surface area contributed by atoms with Crippen LogP contribution in [-0.2, 0) is 30.6 Å². The minimum atomic E-state index is -0.700. The van der Waals surface area contributed by atoms with Crippen molar-refractivity contribution in [2.45, 2.75) is 58.6 Å². The molecule has 1 aromatic heterocycles. The Hall–Kier alpha value is -5.17. The highest BCUT2D eigenvalue weighted by Gasteiger charge is 2.32. The van der Waals surface area contributed by atoms with Crippen LogP contribution >= 0.6 is 0 Å². The summed E-state index contributed by atoms with van der Waals surface area (Å²) in [7, 11) is 1.22. The molecule has 3 aromatic rings. The number of esters is 1. The number of methoxy groups -OCH3 is 1. The molecule has 0 saturated carbocycles. The summed E-state index contributed by atoms with van der Waals surface area (Å²) in [5.41, 5.74) is 6.56. The number of nitrogens with zero attached hydrogens (tertiary/aromatic N) is 1. The predicted octanol–water partition coefficient (Wildman–Crippen LogP) is 3.97. The average molecular weight is 651 g/mol. The number of primary amides is 1. The number of unbranched alkanes of at least 4 members (excludes halogenated alkanes) is 2. The Morgan fingerprint density at radius 2 is 1.77 bits per heavy atom. The first-order chi connectivity index (χ1) is 22.7. The number of furan rings is 1. The molecule has 0 fully saturated rings. The van der Waals surface area contributed by atoms with Gasteiger partial charge < -0.3 is 30.3 Å². The largest absolute Gasteiger partial charge is 0.484 e. The zero-order chi connectivity index (χ0) is 34.2. The van der Waals surface area contributed by atoms with Crippen LogP contribution in [0.25, 0.3) is 11.3 Å². The van der Waals surface area contributed by atoms with Gasteiger partial charge in [0.15, 0.2) is 12.4 Å². The van der Waals surface area contributed by atoms with Crippen LogP contribution in [0, 0.1) is 5.92 Å². The minimum absolute atomic E-state index is 0.0512. The third kappa shape index (κ3) is 11.0. The molecule has 4 N–H and O–H groups in total. The number of nitrogens with one attached hydrogen (secondary N) is 2. The molecule has 0 bridgehead atoms. The topological polar surface area (TPSA) is 179 Å². The maximum absolute atomic E-state index is 13.4. The maximum Gasteiger partial charge on any atom is 0.338 e. The van der Waals surface area contributed by atoms with Crippen molar-refractivity contribution in [3.8, 4) is 17.1 Å². The molecule has 0 aliphatic heterocycles. The third-order valence-corrected chi connectivity index (χ3v) is 7.33. The molecule has 0 aliphatic rings. The van der Waals surface area contributed by atoms with E-state index in [4.69, 9.17) is 24.5 Å². The molecule has 2 atom stereocenters. The fraction of sp³-hybridized carbons (Fsp3) is 0.382. The average Bonchev–Trinajstić information content (AvgIpc) is 3.59. The van der Waals surface area contributed by atoms with Crippen LogP contribution < -0.4 is 21.1 Å². The molecule has 3 rings (SSSR count). The van der Waals surface area contributed by atoms with Crippen LogP contribution in [0.1, 0.15) is 72.4 Å². The third-order valence-electron chi connectivity index (χ3n) is 7.33. The Kier molecular flexibility index (Phi) is 14.5. The van der Waals surface area contributed by atoms with Gasteiger partial charge in [-0.25, -0.2) is 9.86 Å². The van der Waals surface area contributed by atoms with Gasteiger partial charge in [-0.15, -0.1) is 0 Å². The Labute approximate surface area is 273 Å². The molecule has 13 nitrogen and oxygen atoms in total. The molecule has 0 saturated heterocycles. The summed E-state index contributed by atoms with van der Waals surface area (Å²) in [6.07, 6.45) is 4.27. The highest BCUT2D eigenvalue weighted by atomic mass is 16.7. The second kappa shape index (κ2) is 18.7. The molecule has 0 aliphatic carbocycles. The summed E-state index contributed by atoms with van der Waals surface area (Å²) < 4.78 is 15.9. The summed E-state index contributed by atoms with van der Waals surface area (Å²) in [5.74, 6) is -2.49. The standard InChI is InChI=1S/C34H42N4O9/c1-4-6-8-13-27(28(5-2)38(22-39)46-19-23-11-9-7-10-12-23)32(41)36-21-37-33(42)30-15-14-29(47-30)24-16-25(34(43)44-3)18-26(17-24)45-20-31(35)40/h7,9-12,14-18,22,27-28H,4-6,8,13,19-21H2,1-3H3,(H2,35,40)(H,36,41)(H,37,42). The van der Waals surface area contributed by atoms with Gasteiger partial charge in [0.25, 0.3) is 11.8 Å². The van der Waals surface area contributed by atoms with E-state index >= 15 is 0 Å². The van der Waals surface area contributed by atoms with Crippen LogP contribution in [0.3, 0.4) is 0 Å². The number of nitrogens with two attached hydrogens (primary N) is 1. The van der Waals surface area contributed by atoms with E-state index in [1.807, 2.05) is 37.3 Å². The Bertz CT molecular complexity index is 1490. The first kappa shape index (κ1) is 36.3. The van der Waals surface area contributed by atoms with E-state index in [0.29, 0.717) is 24.8 Å². The first-order valence-corrected chi connectivity index (χ1v) is 15.4. The zero-order valence-electron chi connectivity index (χ0n) is 26.9. The quantitative estimate of drug-likeness (QED) is 0.0536. The Balaban J connectivity index is 1.67. The fourth-order valence-electron chi connectivity index (χ4n) is 4.94. The molecular weight excluding hydrogens is 608 g/mol. The monoisotopic (exact) mass is 650 g/mol. The molecule has 2 aromatic carbocycles. The SMILES string of the molecule is CCCCCC(C(=O)NCNC(=O)c1ccc(-c2cc(OCC(N)=O)cc(C(=O)OC)c2)o1)C(CC)N(C=O)OCc1ccccc1. The fourth-order valence-corrected chi connectivity index (χ4v) is 4.94. The van der Waals surface area contributed by atoms with Gasteiger partial charge in [0.05, 0.1) is 31.3 Å². The lowest BCUT2D eigenvalue weighted by Gasteiger charge is -2.32. The molecule has 4 amide bonds. The van der Waals surface area contributed by atoms with E-state index < -0.39 is 36.4 Å². The van der Waals surface area contributed by atoms with E-state index in [2.05, 4.69) is 17.6 Å². The van der Waals surface area contributed by atoms with Crippen LogP contribution in [0.2, 0.25) is 0 Å². The van der Waals surface area contributed by atoms with Crippen molar-refractivity contribution in [2.75, 3.05) is 20.4 Å². The summed E-state index contributed by atoms with van der Waals surface area (Å²) >= 11 is 0. The van der Waals surface area contributed by atoms with Crippen molar-refractivity contribution in [2.24, 2.45) is 11.7 Å². The first-order valence-electron chi connectivity index (χ1n) is 15.4. The lowest BCUT2D eigenvalue weighted by atomic mass is 9.90. The van der Waals surface area contributed by atoms with Gasteiger partial charge in [0.2, 0.25) is 12.3 Å². The highest BCUT2D eigenvalue weighted by molar-refractivity contribution is 5.93. The van der Waals surface area contributed by atoms with E-state index in [-0.39, 0.29) is 42.0 Å². The second-order valence-corrected chi connectivity index (χ2v) is 10.7. The molecule has 2 unspecified atom stereocenters. The number of carbonyl (C=O) groups excluding carboxylic acids is 5. The molecule has 0 spiro atoms. The van der Waals surface area contributed by atoms with Crippen LogP contribution in [0.5, 0.6) is 5.75 Å². The van der Waals surface area contributed by atoms with Gasteiger partial charge in [-0.2, -0.15) is 0 Å². The van der Waals surface area contributed by atoms with E-state index in [1.54, 1.807) is 0 Å². The number of hydrogen-bond acceptors (Lipinski definition) is 9. The number of ether oxygens (including phenoxy) is 2. The van der Waals surface area contributed by atoms with Crippen molar-refractivity contribution in [1.29, 1.82) is 0 Å². The van der Waals surface area contributed by atoms with Gasteiger partial charge in [-0.05, 0) is 48.7 Å². The normalized spacial score (nSPS) is 12.0. The minimum Gasteiger partial charge on any atom is -0.484 e. The number of benzene rings is 2. The molecule has 0 radical (unpaired) electrons. The smallest absolute Gasteiger partial charge is 0.338 e. The molecule has 47 heavy (non-hydrogen) atoms. The number of rotatable bonds is 20. The van der Waals surface area contributed by atoms with Crippen molar-refractivity contribution in [3.05, 3.63) is 77.6 Å². The van der Waals surface area contributed by atoms with Crippen molar-refractivity contribution in [3.63, 3.8) is 0 Å². The van der Waals surface area contributed by atoms with E-state index in [1.165, 1.54) is 42.5 Å². The Morgan fingerprint density at radius 3 is 2.43 bits per heavy atom. The lowest BCUT2D eigenvalue weighted by Crippen LogP contribution is -2.48. The highest BCUT2D eigenvalue weighted by Crippen LogP contribution is 2.28. The molecule has 13 heteroatoms. The van der Waals surface area contributed by atoms with Crippen molar-refractivity contribution < 1.29 is 42.7 Å². The van der Waals surface area contributed by atoms with E-state index in [9.17, 15) is 24.0 Å². The van der Waals surface area contributed by atoms with Gasteiger partial charge in [-0.1, -0.05) is 63.4 Å².